The molecular weight excluding hydrogens is 283 g/mol. The largest absolute Gasteiger partial charge is 0.489 e. The summed E-state index contributed by atoms with van der Waals surface area (Å²) in [7, 11) is 0. The molecule has 2 aliphatic rings. The van der Waals surface area contributed by atoms with Gasteiger partial charge in [0.1, 0.15) is 12.4 Å². The number of nitrogens with one attached hydrogen (secondary N) is 1. The first kappa shape index (κ1) is 11.9. The molecule has 0 amide bonds. The highest BCUT2D eigenvalue weighted by Crippen LogP contribution is 2.43. The molecule has 3 heterocycles. The van der Waals surface area contributed by atoms with E-state index in [2.05, 4.69) is 9.88 Å². The van der Waals surface area contributed by atoms with Gasteiger partial charge in [-0.3, -0.25) is 0 Å². The van der Waals surface area contributed by atoms with Gasteiger partial charge in [-0.05, 0) is 18.5 Å². The SMILES string of the molecule is Clc1cc2c3c(c1Cl)c1c(n3CCO2)CCNCC1. The van der Waals surface area contributed by atoms with E-state index in [1.807, 2.05) is 6.07 Å². The summed E-state index contributed by atoms with van der Waals surface area (Å²) in [4.78, 5) is 0. The molecule has 0 saturated carbocycles. The van der Waals surface area contributed by atoms with Crippen LogP contribution in [-0.2, 0) is 19.4 Å². The fourth-order valence-electron chi connectivity index (χ4n) is 3.28. The molecule has 0 bridgehead atoms. The number of ether oxygens (including phenoxy) is 1. The number of hydrogen-bond donors (Lipinski definition) is 1. The van der Waals surface area contributed by atoms with Crippen molar-refractivity contribution in [3.05, 3.63) is 27.4 Å². The van der Waals surface area contributed by atoms with E-state index < -0.39 is 0 Å². The Morgan fingerprint density at radius 1 is 1.21 bits per heavy atom. The summed E-state index contributed by atoms with van der Waals surface area (Å²) in [5, 5.41) is 5.80. The summed E-state index contributed by atoms with van der Waals surface area (Å²) in [6.45, 7) is 3.61. The van der Waals surface area contributed by atoms with Crippen LogP contribution in [0.2, 0.25) is 10.0 Å². The van der Waals surface area contributed by atoms with Gasteiger partial charge in [0.2, 0.25) is 0 Å². The van der Waals surface area contributed by atoms with Crippen molar-refractivity contribution in [3.8, 4) is 5.75 Å². The van der Waals surface area contributed by atoms with Crippen LogP contribution >= 0.6 is 23.2 Å². The fourth-order valence-corrected chi connectivity index (χ4v) is 3.73. The lowest BCUT2D eigenvalue weighted by atomic mass is 10.1. The molecule has 1 N–H and O–H groups in total. The molecule has 0 atom stereocenters. The summed E-state index contributed by atoms with van der Waals surface area (Å²) in [5.41, 5.74) is 3.88. The number of nitrogens with zero attached hydrogens (tertiary/aromatic N) is 1. The number of fused-ring (bicyclic) bond motifs is 3. The van der Waals surface area contributed by atoms with Crippen LogP contribution in [0.3, 0.4) is 0 Å². The highest BCUT2D eigenvalue weighted by molar-refractivity contribution is 6.45. The third-order valence-corrected chi connectivity index (χ3v) is 4.85. The predicted molar refractivity (Wildman–Crippen MR) is 77.7 cm³/mol. The first-order valence-electron chi connectivity index (χ1n) is 6.63. The van der Waals surface area contributed by atoms with Crippen LogP contribution in [0.4, 0.5) is 0 Å². The van der Waals surface area contributed by atoms with Crippen molar-refractivity contribution in [3.63, 3.8) is 0 Å². The molecule has 0 saturated heterocycles. The topological polar surface area (TPSA) is 26.2 Å². The molecule has 5 heteroatoms. The highest BCUT2D eigenvalue weighted by Gasteiger charge is 2.26. The van der Waals surface area contributed by atoms with Crippen LogP contribution in [-0.4, -0.2) is 24.3 Å². The maximum atomic E-state index is 6.46. The Labute approximate surface area is 121 Å². The Bertz CT molecular complexity index is 678. The van der Waals surface area contributed by atoms with Crippen molar-refractivity contribution in [2.75, 3.05) is 19.7 Å². The van der Waals surface area contributed by atoms with E-state index in [0.717, 1.165) is 49.1 Å². The molecular formula is C14H14Cl2N2O. The lowest BCUT2D eigenvalue weighted by Gasteiger charge is -2.19. The van der Waals surface area contributed by atoms with Gasteiger partial charge in [0, 0.05) is 30.1 Å². The molecule has 2 aliphatic heterocycles. The molecule has 2 aromatic rings. The first-order valence-corrected chi connectivity index (χ1v) is 7.38. The van der Waals surface area contributed by atoms with Crippen molar-refractivity contribution in [1.29, 1.82) is 0 Å². The van der Waals surface area contributed by atoms with Gasteiger partial charge >= 0.3 is 0 Å². The van der Waals surface area contributed by atoms with E-state index in [1.165, 1.54) is 11.3 Å². The quantitative estimate of drug-likeness (QED) is 0.809. The standard InChI is InChI=1S/C14H14Cl2N2O/c15-9-7-11-14-12(13(9)16)8-1-3-17-4-2-10(8)18(14)5-6-19-11/h7,17H,1-6H2. The zero-order chi connectivity index (χ0) is 13.0. The average Bonchev–Trinajstić information content (AvgIpc) is 2.59. The monoisotopic (exact) mass is 296 g/mol. The van der Waals surface area contributed by atoms with Gasteiger partial charge in [0.25, 0.3) is 0 Å². The Kier molecular flexibility index (Phi) is 2.69. The molecule has 1 aromatic carbocycles. The van der Waals surface area contributed by atoms with E-state index in [4.69, 9.17) is 27.9 Å². The van der Waals surface area contributed by atoms with Crippen molar-refractivity contribution in [2.45, 2.75) is 19.4 Å². The Morgan fingerprint density at radius 3 is 2.95 bits per heavy atom. The van der Waals surface area contributed by atoms with E-state index in [0.29, 0.717) is 16.7 Å². The van der Waals surface area contributed by atoms with E-state index in [9.17, 15) is 0 Å². The molecule has 19 heavy (non-hydrogen) atoms. The predicted octanol–water partition coefficient (Wildman–Crippen LogP) is 3.03. The van der Waals surface area contributed by atoms with Crippen molar-refractivity contribution < 1.29 is 4.74 Å². The number of aromatic nitrogens is 1. The van der Waals surface area contributed by atoms with Crippen molar-refractivity contribution >= 4 is 34.1 Å². The van der Waals surface area contributed by atoms with E-state index in [-0.39, 0.29) is 0 Å². The number of halogens is 2. The van der Waals surface area contributed by atoms with Crippen LogP contribution in [0, 0.1) is 0 Å². The fraction of sp³-hybridized carbons (Fsp3) is 0.429. The highest BCUT2D eigenvalue weighted by atomic mass is 35.5. The average molecular weight is 297 g/mol. The number of benzene rings is 1. The smallest absolute Gasteiger partial charge is 0.145 e. The summed E-state index contributed by atoms with van der Waals surface area (Å²) in [6, 6.07) is 1.85. The Morgan fingerprint density at radius 2 is 2.05 bits per heavy atom. The van der Waals surface area contributed by atoms with Crippen LogP contribution in [0.1, 0.15) is 11.3 Å². The zero-order valence-corrected chi connectivity index (χ0v) is 11.9. The Balaban J connectivity index is 2.15. The lowest BCUT2D eigenvalue weighted by molar-refractivity contribution is 0.285. The first-order chi connectivity index (χ1) is 9.27. The van der Waals surface area contributed by atoms with Gasteiger partial charge in [0.05, 0.1) is 22.1 Å². The minimum absolute atomic E-state index is 0.586. The molecule has 1 aromatic heterocycles. The number of rotatable bonds is 0. The van der Waals surface area contributed by atoms with E-state index in [1.54, 1.807) is 0 Å². The molecule has 100 valence electrons. The van der Waals surface area contributed by atoms with Gasteiger partial charge in [-0.2, -0.15) is 0 Å². The molecule has 3 nitrogen and oxygen atoms in total. The maximum absolute atomic E-state index is 6.46. The molecule has 0 aliphatic carbocycles. The van der Waals surface area contributed by atoms with Gasteiger partial charge in [-0.25, -0.2) is 0 Å². The normalized spacial score (nSPS) is 18.0. The number of hydrogen-bond acceptors (Lipinski definition) is 2. The summed E-state index contributed by atoms with van der Waals surface area (Å²) in [6.07, 6.45) is 2.04. The van der Waals surface area contributed by atoms with Gasteiger partial charge < -0.3 is 14.6 Å². The zero-order valence-electron chi connectivity index (χ0n) is 10.4. The lowest BCUT2D eigenvalue weighted by Crippen LogP contribution is -2.19. The van der Waals surface area contributed by atoms with Crippen LogP contribution < -0.4 is 10.1 Å². The van der Waals surface area contributed by atoms with Gasteiger partial charge in [0.15, 0.2) is 0 Å². The summed E-state index contributed by atoms with van der Waals surface area (Å²) in [5.74, 6) is 0.872. The molecule has 4 rings (SSSR count). The third-order valence-electron chi connectivity index (χ3n) is 4.07. The van der Waals surface area contributed by atoms with Crippen LogP contribution in [0.15, 0.2) is 6.07 Å². The third kappa shape index (κ3) is 1.62. The van der Waals surface area contributed by atoms with Crippen LogP contribution in [0.25, 0.3) is 10.9 Å². The second-order valence-electron chi connectivity index (χ2n) is 5.07. The molecule has 0 radical (unpaired) electrons. The summed E-state index contributed by atoms with van der Waals surface area (Å²) < 4.78 is 8.13. The minimum Gasteiger partial charge on any atom is -0.489 e. The van der Waals surface area contributed by atoms with Crippen LogP contribution in [0.5, 0.6) is 5.75 Å². The minimum atomic E-state index is 0.586. The molecule has 0 spiro atoms. The summed E-state index contributed by atoms with van der Waals surface area (Å²) >= 11 is 12.7. The molecule has 0 unspecified atom stereocenters. The maximum Gasteiger partial charge on any atom is 0.145 e. The van der Waals surface area contributed by atoms with Crippen molar-refractivity contribution in [2.24, 2.45) is 0 Å². The van der Waals surface area contributed by atoms with Crippen molar-refractivity contribution in [1.82, 2.24) is 9.88 Å². The second kappa shape index (κ2) is 4.30. The molecule has 0 fully saturated rings. The van der Waals surface area contributed by atoms with E-state index >= 15 is 0 Å². The second-order valence-corrected chi connectivity index (χ2v) is 5.85. The Hall–Kier alpha value is -0.900. The van der Waals surface area contributed by atoms with Gasteiger partial charge in [-0.1, -0.05) is 23.2 Å². The van der Waals surface area contributed by atoms with Gasteiger partial charge in [-0.15, -0.1) is 0 Å².